The average Bonchev–Trinajstić information content (AvgIpc) is 2.63. The molecule has 1 aliphatic heterocycles. The smallest absolute Gasteiger partial charge is 0.330 e. The summed E-state index contributed by atoms with van der Waals surface area (Å²) < 4.78 is 4.67. The number of hydrogen-bond acceptors (Lipinski definition) is 7. The number of carbonyl (C=O) groups is 1. The third-order valence-corrected chi connectivity index (χ3v) is 4.25. The second-order valence-electron chi connectivity index (χ2n) is 5.83. The maximum atomic E-state index is 11.3. The molecule has 0 saturated carbocycles. The van der Waals surface area contributed by atoms with E-state index in [0.29, 0.717) is 17.1 Å². The van der Waals surface area contributed by atoms with Crippen LogP contribution in [0.25, 0.3) is 11.3 Å². The molecule has 3 rings (SSSR count). The highest BCUT2D eigenvalue weighted by Gasteiger charge is 2.19. The molecule has 0 amide bonds. The summed E-state index contributed by atoms with van der Waals surface area (Å²) in [6, 6.07) is 8.82. The first-order chi connectivity index (χ1) is 12.1. The Morgan fingerprint density at radius 1 is 1.28 bits per heavy atom. The number of nitrogen functional groups attached to an aromatic ring is 1. The Bertz CT molecular complexity index is 810. The van der Waals surface area contributed by atoms with E-state index in [1.807, 2.05) is 12.1 Å². The lowest BCUT2D eigenvalue weighted by atomic mass is 10.0. The minimum atomic E-state index is -0.324. The van der Waals surface area contributed by atoms with E-state index in [2.05, 4.69) is 19.8 Å². The van der Waals surface area contributed by atoms with E-state index in [0.717, 1.165) is 37.2 Å². The molecule has 1 aliphatic rings. The predicted octanol–water partition coefficient (Wildman–Crippen LogP) is 2.13. The van der Waals surface area contributed by atoms with Crippen molar-refractivity contribution < 1.29 is 14.6 Å². The summed E-state index contributed by atoms with van der Waals surface area (Å²) in [5.41, 5.74) is 9.03. The summed E-state index contributed by atoms with van der Waals surface area (Å²) in [6.45, 7) is 1.44. The number of carbonyl (C=O) groups excluding carboxylic acids is 1. The number of ether oxygens (including phenoxy) is 1. The number of benzene rings is 1. The zero-order valence-electron chi connectivity index (χ0n) is 14.0. The maximum absolute atomic E-state index is 11.3. The van der Waals surface area contributed by atoms with Crippen LogP contribution >= 0.6 is 0 Å². The number of nitrogens with zero attached hydrogens (tertiary/aromatic N) is 3. The van der Waals surface area contributed by atoms with Gasteiger partial charge in [0, 0.05) is 24.7 Å². The Labute approximate surface area is 145 Å². The lowest BCUT2D eigenvalue weighted by Gasteiger charge is -2.30. The van der Waals surface area contributed by atoms with Crippen LogP contribution in [0.3, 0.4) is 0 Å². The van der Waals surface area contributed by atoms with Crippen molar-refractivity contribution in [3.63, 3.8) is 0 Å². The number of aromatic hydroxyl groups is 1. The van der Waals surface area contributed by atoms with Gasteiger partial charge in [0.15, 0.2) is 5.82 Å². The van der Waals surface area contributed by atoms with Crippen LogP contribution in [0.2, 0.25) is 0 Å². The van der Waals surface area contributed by atoms with E-state index < -0.39 is 0 Å². The first kappa shape index (κ1) is 16.8. The fraction of sp³-hybridized carbons (Fsp3) is 0.278. The Balaban J connectivity index is 1.82. The van der Waals surface area contributed by atoms with Crippen molar-refractivity contribution in [1.82, 2.24) is 10.2 Å². The Morgan fingerprint density at radius 2 is 2.00 bits per heavy atom. The van der Waals surface area contributed by atoms with Gasteiger partial charge in [-0.15, -0.1) is 10.2 Å². The standard InChI is InChI=1S/C18H20N4O3/c1-25-17(24)10-12-6-8-22(9-7-12)15-11-14(20-21-18(15)19)13-4-2-3-5-16(13)23/h2-5,10-11,23H,6-9H2,1H3,(H2,19,21). The molecule has 1 fully saturated rings. The number of aromatic nitrogens is 2. The Hall–Kier alpha value is -3.09. The van der Waals surface area contributed by atoms with E-state index >= 15 is 0 Å². The molecule has 1 saturated heterocycles. The fourth-order valence-electron chi connectivity index (χ4n) is 2.87. The molecule has 0 spiro atoms. The number of anilines is 2. The van der Waals surface area contributed by atoms with Crippen molar-refractivity contribution >= 4 is 17.5 Å². The molecule has 7 nitrogen and oxygen atoms in total. The zero-order chi connectivity index (χ0) is 17.8. The van der Waals surface area contributed by atoms with Crippen molar-refractivity contribution in [2.24, 2.45) is 0 Å². The van der Waals surface area contributed by atoms with E-state index in [9.17, 15) is 9.90 Å². The maximum Gasteiger partial charge on any atom is 0.330 e. The normalized spacial score (nSPS) is 14.3. The van der Waals surface area contributed by atoms with Crippen molar-refractivity contribution in [3.8, 4) is 17.0 Å². The molecule has 0 aliphatic carbocycles. The van der Waals surface area contributed by atoms with Gasteiger partial charge in [-0.05, 0) is 31.0 Å². The highest BCUT2D eigenvalue weighted by Crippen LogP contribution is 2.32. The van der Waals surface area contributed by atoms with Gasteiger partial charge in [-0.3, -0.25) is 0 Å². The molecule has 2 heterocycles. The van der Waals surface area contributed by atoms with Gasteiger partial charge in [0.25, 0.3) is 0 Å². The van der Waals surface area contributed by atoms with Gasteiger partial charge in [0.1, 0.15) is 5.75 Å². The molecule has 1 aromatic carbocycles. The molecular formula is C18H20N4O3. The van der Waals surface area contributed by atoms with Crippen molar-refractivity contribution in [2.45, 2.75) is 12.8 Å². The minimum absolute atomic E-state index is 0.148. The predicted molar refractivity (Wildman–Crippen MR) is 95.1 cm³/mol. The lowest BCUT2D eigenvalue weighted by Crippen LogP contribution is -2.31. The van der Waals surface area contributed by atoms with Crippen LogP contribution in [0.1, 0.15) is 12.8 Å². The molecule has 0 atom stereocenters. The minimum Gasteiger partial charge on any atom is -0.507 e. The molecule has 25 heavy (non-hydrogen) atoms. The summed E-state index contributed by atoms with van der Waals surface area (Å²) in [5.74, 6) is 0.171. The zero-order valence-corrected chi connectivity index (χ0v) is 14.0. The molecule has 0 bridgehead atoms. The molecule has 2 aromatic rings. The van der Waals surface area contributed by atoms with Gasteiger partial charge < -0.3 is 20.5 Å². The van der Waals surface area contributed by atoms with Gasteiger partial charge in [0.2, 0.25) is 0 Å². The largest absolute Gasteiger partial charge is 0.507 e. The molecule has 1 aromatic heterocycles. The van der Waals surface area contributed by atoms with Gasteiger partial charge in [0.05, 0.1) is 18.5 Å². The monoisotopic (exact) mass is 340 g/mol. The first-order valence-electron chi connectivity index (χ1n) is 8.02. The van der Waals surface area contributed by atoms with E-state index in [4.69, 9.17) is 5.73 Å². The number of phenolic OH excluding ortho intramolecular Hbond substituents is 1. The van der Waals surface area contributed by atoms with Crippen molar-refractivity contribution in [2.75, 3.05) is 30.8 Å². The number of nitrogens with two attached hydrogens (primary N) is 1. The molecule has 0 unspecified atom stereocenters. The lowest BCUT2D eigenvalue weighted by molar-refractivity contribution is -0.134. The van der Waals surface area contributed by atoms with Crippen LogP contribution in [0, 0.1) is 0 Å². The number of para-hydroxylation sites is 1. The van der Waals surface area contributed by atoms with Crippen molar-refractivity contribution in [1.29, 1.82) is 0 Å². The molecule has 0 radical (unpaired) electrons. The summed E-state index contributed by atoms with van der Waals surface area (Å²) in [6.07, 6.45) is 3.06. The number of phenols is 1. The van der Waals surface area contributed by atoms with Crippen LogP contribution < -0.4 is 10.6 Å². The Kier molecular flexibility index (Phi) is 4.83. The second-order valence-corrected chi connectivity index (χ2v) is 5.83. The van der Waals surface area contributed by atoms with E-state index in [1.54, 1.807) is 24.3 Å². The third-order valence-electron chi connectivity index (χ3n) is 4.25. The van der Waals surface area contributed by atoms with Gasteiger partial charge in [-0.1, -0.05) is 17.7 Å². The first-order valence-corrected chi connectivity index (χ1v) is 8.02. The molecule has 3 N–H and O–H groups in total. The van der Waals surface area contributed by atoms with Crippen LogP contribution in [0.4, 0.5) is 11.5 Å². The molecule has 130 valence electrons. The molecular weight excluding hydrogens is 320 g/mol. The van der Waals surface area contributed by atoms with Crippen LogP contribution in [0.15, 0.2) is 42.0 Å². The average molecular weight is 340 g/mol. The summed E-state index contributed by atoms with van der Waals surface area (Å²) >= 11 is 0. The number of esters is 1. The van der Waals surface area contributed by atoms with Gasteiger partial charge >= 0.3 is 5.97 Å². The third kappa shape index (κ3) is 3.71. The molecule has 7 heteroatoms. The quantitative estimate of drug-likeness (QED) is 0.652. The SMILES string of the molecule is COC(=O)C=C1CCN(c2cc(-c3ccccc3O)nnc2N)CC1. The highest BCUT2D eigenvalue weighted by atomic mass is 16.5. The number of piperidine rings is 1. The van der Waals surface area contributed by atoms with Crippen LogP contribution in [0.5, 0.6) is 5.75 Å². The number of hydrogen-bond donors (Lipinski definition) is 2. The number of methoxy groups -OCH3 is 1. The van der Waals surface area contributed by atoms with Gasteiger partial charge in [-0.2, -0.15) is 0 Å². The topological polar surface area (TPSA) is 102 Å². The Morgan fingerprint density at radius 3 is 2.68 bits per heavy atom. The highest BCUT2D eigenvalue weighted by molar-refractivity contribution is 5.82. The summed E-state index contributed by atoms with van der Waals surface area (Å²) in [4.78, 5) is 13.5. The summed E-state index contributed by atoms with van der Waals surface area (Å²) in [5, 5.41) is 18.1. The van der Waals surface area contributed by atoms with Gasteiger partial charge in [-0.25, -0.2) is 4.79 Å². The van der Waals surface area contributed by atoms with Crippen LogP contribution in [-0.2, 0) is 9.53 Å². The fourth-order valence-corrected chi connectivity index (χ4v) is 2.87. The summed E-state index contributed by atoms with van der Waals surface area (Å²) in [7, 11) is 1.37. The van der Waals surface area contributed by atoms with E-state index in [-0.39, 0.29) is 11.7 Å². The second kappa shape index (κ2) is 7.21. The van der Waals surface area contributed by atoms with E-state index in [1.165, 1.54) is 7.11 Å². The number of rotatable bonds is 3. The van der Waals surface area contributed by atoms with Crippen molar-refractivity contribution in [3.05, 3.63) is 42.0 Å². The van der Waals surface area contributed by atoms with Crippen LogP contribution in [-0.4, -0.2) is 41.5 Å².